The minimum atomic E-state index is -4.34. The van der Waals surface area contributed by atoms with Crippen LogP contribution < -0.4 is 10.6 Å². The third kappa shape index (κ3) is 4.80. The van der Waals surface area contributed by atoms with Gasteiger partial charge in [-0.25, -0.2) is 4.79 Å². The van der Waals surface area contributed by atoms with E-state index in [1.165, 1.54) is 12.1 Å². The summed E-state index contributed by atoms with van der Waals surface area (Å²) >= 11 is 0. The van der Waals surface area contributed by atoms with Crippen LogP contribution in [-0.4, -0.2) is 37.1 Å². The number of alkyl halides is 3. The average molecular weight is 377 g/mol. The van der Waals surface area contributed by atoms with Crippen LogP contribution in [0.3, 0.4) is 0 Å². The quantitative estimate of drug-likeness (QED) is 0.822. The molecule has 1 aliphatic rings. The first-order valence-electron chi connectivity index (χ1n) is 8.87. The van der Waals surface area contributed by atoms with Gasteiger partial charge in [0.15, 0.2) is 0 Å². The van der Waals surface area contributed by atoms with Crippen LogP contribution in [0.25, 0.3) is 11.1 Å². The number of nitrogens with zero attached hydrogens (tertiary/aromatic N) is 1. The van der Waals surface area contributed by atoms with E-state index in [4.69, 9.17) is 0 Å². The van der Waals surface area contributed by atoms with Gasteiger partial charge in [0.05, 0.1) is 5.56 Å². The largest absolute Gasteiger partial charge is 0.416 e. The van der Waals surface area contributed by atoms with Gasteiger partial charge >= 0.3 is 12.2 Å². The number of benzene rings is 2. The number of nitrogens with one attached hydrogen (secondary N) is 2. The Morgan fingerprint density at radius 2 is 1.52 bits per heavy atom. The van der Waals surface area contributed by atoms with Crippen LogP contribution in [-0.2, 0) is 6.18 Å². The summed E-state index contributed by atoms with van der Waals surface area (Å²) in [4.78, 5) is 14.1. The number of halogens is 3. The van der Waals surface area contributed by atoms with Crippen molar-refractivity contribution in [1.29, 1.82) is 0 Å². The maximum atomic E-state index is 12.6. The molecule has 0 spiro atoms. The second-order valence-corrected chi connectivity index (χ2v) is 6.67. The fourth-order valence-electron chi connectivity index (χ4n) is 3.17. The Hall–Kier alpha value is -2.54. The molecule has 27 heavy (non-hydrogen) atoms. The molecular weight excluding hydrogens is 355 g/mol. The number of carbonyl (C=O) groups is 1. The molecule has 0 radical (unpaired) electrons. The summed E-state index contributed by atoms with van der Waals surface area (Å²) in [6.07, 6.45) is -2.49. The van der Waals surface area contributed by atoms with E-state index in [0.717, 1.165) is 43.6 Å². The van der Waals surface area contributed by atoms with Crippen molar-refractivity contribution in [2.24, 2.45) is 0 Å². The van der Waals surface area contributed by atoms with Crippen LogP contribution in [0.5, 0.6) is 0 Å². The molecule has 2 amide bonds. The van der Waals surface area contributed by atoms with Gasteiger partial charge in [-0.3, -0.25) is 0 Å². The van der Waals surface area contributed by atoms with Gasteiger partial charge < -0.3 is 15.5 Å². The lowest BCUT2D eigenvalue weighted by Crippen LogP contribution is -2.45. The van der Waals surface area contributed by atoms with Gasteiger partial charge in [0.25, 0.3) is 0 Å². The summed E-state index contributed by atoms with van der Waals surface area (Å²) in [5, 5.41) is 6.14. The zero-order valence-corrected chi connectivity index (χ0v) is 15.0. The molecule has 2 N–H and O–H groups in total. The highest BCUT2D eigenvalue weighted by atomic mass is 19.4. The maximum absolute atomic E-state index is 12.6. The third-order valence-electron chi connectivity index (χ3n) is 4.86. The molecule has 1 saturated heterocycles. The summed E-state index contributed by atoms with van der Waals surface area (Å²) in [6.45, 7) is 1.81. The third-order valence-corrected chi connectivity index (χ3v) is 4.86. The van der Waals surface area contributed by atoms with E-state index < -0.39 is 11.7 Å². The van der Waals surface area contributed by atoms with E-state index in [2.05, 4.69) is 10.6 Å². The molecule has 0 atom stereocenters. The molecule has 0 aliphatic carbocycles. The number of anilines is 1. The predicted molar refractivity (Wildman–Crippen MR) is 99.6 cm³/mol. The standard InChI is InChI=1S/C20H22F3N3O/c1-26(18-10-12-24-13-11-18)19(27)25-17-8-4-15(5-9-17)14-2-6-16(7-3-14)20(21,22)23/h2-9,18,24H,10-13H2,1H3,(H,25,27). The number of carbonyl (C=O) groups excluding carboxylic acids is 1. The van der Waals surface area contributed by atoms with Gasteiger partial charge in [-0.1, -0.05) is 24.3 Å². The van der Waals surface area contributed by atoms with Crippen molar-refractivity contribution < 1.29 is 18.0 Å². The van der Waals surface area contributed by atoms with E-state index in [-0.39, 0.29) is 12.1 Å². The maximum Gasteiger partial charge on any atom is 0.416 e. The lowest BCUT2D eigenvalue weighted by Gasteiger charge is -2.31. The zero-order valence-electron chi connectivity index (χ0n) is 15.0. The second kappa shape index (κ2) is 8.00. The molecule has 2 aromatic carbocycles. The molecule has 1 heterocycles. The van der Waals surface area contributed by atoms with Crippen LogP contribution in [0.15, 0.2) is 48.5 Å². The average Bonchev–Trinajstić information content (AvgIpc) is 2.68. The van der Waals surface area contributed by atoms with E-state index in [1.54, 1.807) is 36.2 Å². The number of piperidine rings is 1. The number of hydrogen-bond acceptors (Lipinski definition) is 2. The Morgan fingerprint density at radius 3 is 2.04 bits per heavy atom. The van der Waals surface area contributed by atoms with Gasteiger partial charge in [-0.15, -0.1) is 0 Å². The monoisotopic (exact) mass is 377 g/mol. The lowest BCUT2D eigenvalue weighted by molar-refractivity contribution is -0.137. The van der Waals surface area contributed by atoms with Crippen molar-refractivity contribution in [2.45, 2.75) is 25.1 Å². The Bertz CT molecular complexity index is 767. The first-order valence-corrected chi connectivity index (χ1v) is 8.87. The van der Waals surface area contributed by atoms with Crippen molar-refractivity contribution >= 4 is 11.7 Å². The Balaban J connectivity index is 1.64. The molecule has 3 rings (SSSR count). The highest BCUT2D eigenvalue weighted by molar-refractivity contribution is 5.89. The normalized spacial score (nSPS) is 15.4. The van der Waals surface area contributed by atoms with Crippen LogP contribution >= 0.6 is 0 Å². The van der Waals surface area contributed by atoms with Crippen LogP contribution in [0.4, 0.5) is 23.7 Å². The fraction of sp³-hybridized carbons (Fsp3) is 0.350. The molecule has 0 unspecified atom stereocenters. The van der Waals surface area contributed by atoms with Crippen LogP contribution in [0, 0.1) is 0 Å². The van der Waals surface area contributed by atoms with E-state index in [1.807, 2.05) is 0 Å². The fourth-order valence-corrected chi connectivity index (χ4v) is 3.17. The molecule has 0 saturated carbocycles. The molecule has 0 bridgehead atoms. The van der Waals surface area contributed by atoms with Crippen molar-refractivity contribution in [1.82, 2.24) is 10.2 Å². The minimum absolute atomic E-state index is 0.163. The number of urea groups is 1. The molecule has 2 aromatic rings. The highest BCUT2D eigenvalue weighted by Gasteiger charge is 2.30. The molecule has 7 heteroatoms. The summed E-state index contributed by atoms with van der Waals surface area (Å²) in [7, 11) is 1.79. The second-order valence-electron chi connectivity index (χ2n) is 6.67. The van der Waals surface area contributed by atoms with Crippen molar-refractivity contribution in [3.63, 3.8) is 0 Å². The smallest absolute Gasteiger partial charge is 0.325 e. The Kier molecular flexibility index (Phi) is 5.70. The van der Waals surface area contributed by atoms with Gasteiger partial charge in [0, 0.05) is 18.8 Å². The van der Waals surface area contributed by atoms with Crippen LogP contribution in [0.2, 0.25) is 0 Å². The van der Waals surface area contributed by atoms with Crippen LogP contribution in [0.1, 0.15) is 18.4 Å². The van der Waals surface area contributed by atoms with Gasteiger partial charge in [0.2, 0.25) is 0 Å². The molecule has 1 fully saturated rings. The van der Waals surface area contributed by atoms with Gasteiger partial charge in [-0.2, -0.15) is 13.2 Å². The summed E-state index contributed by atoms with van der Waals surface area (Å²) in [5.74, 6) is 0. The topological polar surface area (TPSA) is 44.4 Å². The molecule has 144 valence electrons. The Morgan fingerprint density at radius 1 is 1.00 bits per heavy atom. The highest BCUT2D eigenvalue weighted by Crippen LogP contribution is 2.31. The molecule has 0 aromatic heterocycles. The lowest BCUT2D eigenvalue weighted by atomic mass is 10.0. The van der Waals surface area contributed by atoms with E-state index >= 15 is 0 Å². The minimum Gasteiger partial charge on any atom is -0.325 e. The van der Waals surface area contributed by atoms with Crippen molar-refractivity contribution in [2.75, 3.05) is 25.5 Å². The number of amides is 2. The number of hydrogen-bond donors (Lipinski definition) is 2. The predicted octanol–water partition coefficient (Wildman–Crippen LogP) is 4.59. The first kappa shape index (κ1) is 19.2. The molecule has 4 nitrogen and oxygen atoms in total. The van der Waals surface area contributed by atoms with Crippen molar-refractivity contribution in [3.8, 4) is 11.1 Å². The first-order chi connectivity index (χ1) is 12.8. The zero-order chi connectivity index (χ0) is 19.4. The SMILES string of the molecule is CN(C(=O)Nc1ccc(-c2ccc(C(F)(F)F)cc2)cc1)C1CCNCC1. The van der Waals surface area contributed by atoms with Gasteiger partial charge in [-0.05, 0) is 61.3 Å². The Labute approximate surface area is 156 Å². The summed E-state index contributed by atoms with van der Waals surface area (Å²) in [6, 6.07) is 12.1. The molecule has 1 aliphatic heterocycles. The summed E-state index contributed by atoms with van der Waals surface area (Å²) in [5.41, 5.74) is 1.45. The van der Waals surface area contributed by atoms with Crippen molar-refractivity contribution in [3.05, 3.63) is 54.1 Å². The molecular formula is C20H22F3N3O. The number of rotatable bonds is 3. The van der Waals surface area contributed by atoms with E-state index in [0.29, 0.717) is 11.3 Å². The van der Waals surface area contributed by atoms with Gasteiger partial charge in [0.1, 0.15) is 0 Å². The van der Waals surface area contributed by atoms with E-state index in [9.17, 15) is 18.0 Å². The summed E-state index contributed by atoms with van der Waals surface area (Å²) < 4.78 is 37.9.